The van der Waals surface area contributed by atoms with Crippen LogP contribution in [0.1, 0.15) is 20.3 Å². The number of aliphatic imine (C=N–C) groups is 1. The molecular formula is C19H31IN4O2S. The summed E-state index contributed by atoms with van der Waals surface area (Å²) >= 11 is 2.01. The maximum absolute atomic E-state index is 6.15. The Labute approximate surface area is 183 Å². The second kappa shape index (κ2) is 10.7. The van der Waals surface area contributed by atoms with Crippen LogP contribution in [0.3, 0.4) is 0 Å². The first-order chi connectivity index (χ1) is 12.6. The molecule has 0 bridgehead atoms. The van der Waals surface area contributed by atoms with Gasteiger partial charge in [0, 0.05) is 24.5 Å². The number of rotatable bonds is 6. The Balaban J connectivity index is 0.00000261. The van der Waals surface area contributed by atoms with E-state index in [9.17, 15) is 0 Å². The average molecular weight is 506 g/mol. The number of halogens is 1. The third-order valence-electron chi connectivity index (χ3n) is 4.81. The maximum atomic E-state index is 6.15. The van der Waals surface area contributed by atoms with Gasteiger partial charge < -0.3 is 20.5 Å². The minimum atomic E-state index is 0. The van der Waals surface area contributed by atoms with E-state index >= 15 is 0 Å². The van der Waals surface area contributed by atoms with Gasteiger partial charge in [-0.3, -0.25) is 9.89 Å². The second-order valence-corrected chi connectivity index (χ2v) is 8.25. The van der Waals surface area contributed by atoms with Gasteiger partial charge in [-0.1, -0.05) is 0 Å². The number of thioether (sulfide) groups is 1. The van der Waals surface area contributed by atoms with Crippen molar-refractivity contribution in [2.24, 2.45) is 10.7 Å². The highest BCUT2D eigenvalue weighted by Crippen LogP contribution is 2.34. The Morgan fingerprint density at radius 1 is 1.33 bits per heavy atom. The number of nitrogens with one attached hydrogen (secondary N) is 1. The lowest BCUT2D eigenvalue weighted by Crippen LogP contribution is -2.56. The van der Waals surface area contributed by atoms with Crippen LogP contribution in [0.25, 0.3) is 0 Å². The quantitative estimate of drug-likeness (QED) is 0.351. The van der Waals surface area contributed by atoms with Gasteiger partial charge in [-0.15, -0.1) is 24.0 Å². The third kappa shape index (κ3) is 6.40. The largest absolute Gasteiger partial charge is 0.491 e. The van der Waals surface area contributed by atoms with Gasteiger partial charge in [0.2, 0.25) is 0 Å². The zero-order valence-corrected chi connectivity index (χ0v) is 19.3. The van der Waals surface area contributed by atoms with Gasteiger partial charge in [0.15, 0.2) is 5.96 Å². The first kappa shape index (κ1) is 22.6. The molecule has 8 heteroatoms. The minimum Gasteiger partial charge on any atom is -0.491 e. The first-order valence-corrected chi connectivity index (χ1v) is 10.5. The van der Waals surface area contributed by atoms with Gasteiger partial charge in [0.25, 0.3) is 0 Å². The minimum absolute atomic E-state index is 0. The molecule has 1 atom stereocenters. The van der Waals surface area contributed by atoms with Crippen molar-refractivity contribution in [2.75, 3.05) is 49.7 Å². The summed E-state index contributed by atoms with van der Waals surface area (Å²) in [4.78, 5) is 7.22. The summed E-state index contributed by atoms with van der Waals surface area (Å²) in [5, 5.41) is 3.19. The number of nitrogens with two attached hydrogens (primary N) is 1. The molecule has 2 aliphatic rings. The van der Waals surface area contributed by atoms with E-state index in [0.29, 0.717) is 5.96 Å². The van der Waals surface area contributed by atoms with Crippen LogP contribution in [0, 0.1) is 0 Å². The van der Waals surface area contributed by atoms with Crippen LogP contribution in [0.15, 0.2) is 29.3 Å². The second-order valence-electron chi connectivity index (χ2n) is 7.14. The van der Waals surface area contributed by atoms with Crippen LogP contribution in [0.4, 0.5) is 5.69 Å². The molecule has 1 unspecified atom stereocenters. The molecule has 0 aliphatic carbocycles. The van der Waals surface area contributed by atoms with Crippen molar-refractivity contribution in [3.63, 3.8) is 0 Å². The highest BCUT2D eigenvalue weighted by Gasteiger charge is 2.40. The van der Waals surface area contributed by atoms with Crippen LogP contribution >= 0.6 is 35.7 Å². The molecule has 6 nitrogen and oxygen atoms in total. The lowest BCUT2D eigenvalue weighted by molar-refractivity contribution is -0.0104. The Morgan fingerprint density at radius 3 is 2.63 bits per heavy atom. The number of hydrogen-bond acceptors (Lipinski definition) is 5. The van der Waals surface area contributed by atoms with Crippen LogP contribution in [0.5, 0.6) is 5.75 Å². The monoisotopic (exact) mass is 506 g/mol. The molecule has 1 aromatic carbocycles. The molecule has 1 aromatic rings. The number of benzene rings is 1. The fraction of sp³-hybridized carbons (Fsp3) is 0.632. The predicted octanol–water partition coefficient (Wildman–Crippen LogP) is 3.03. The smallest absolute Gasteiger partial charge is 0.193 e. The van der Waals surface area contributed by atoms with Gasteiger partial charge in [-0.05, 0) is 50.3 Å². The molecule has 2 fully saturated rings. The first-order valence-electron chi connectivity index (χ1n) is 9.32. The molecule has 2 heterocycles. The number of anilines is 1. The third-order valence-corrected chi connectivity index (χ3v) is 6.04. The summed E-state index contributed by atoms with van der Waals surface area (Å²) in [6, 6.07) is 7.81. The maximum Gasteiger partial charge on any atom is 0.193 e. The van der Waals surface area contributed by atoms with Gasteiger partial charge in [-0.25, -0.2) is 0 Å². The van der Waals surface area contributed by atoms with Crippen molar-refractivity contribution in [3.8, 4) is 5.75 Å². The highest BCUT2D eigenvalue weighted by molar-refractivity contribution is 14.0. The fourth-order valence-electron chi connectivity index (χ4n) is 3.42. The molecular weight excluding hydrogens is 475 g/mol. The molecule has 27 heavy (non-hydrogen) atoms. The molecule has 3 N–H and O–H groups in total. The molecule has 2 aliphatic heterocycles. The van der Waals surface area contributed by atoms with Crippen molar-refractivity contribution >= 4 is 47.4 Å². The molecule has 2 saturated heterocycles. The van der Waals surface area contributed by atoms with E-state index in [1.54, 1.807) is 0 Å². The summed E-state index contributed by atoms with van der Waals surface area (Å²) in [6.45, 7) is 8.36. The van der Waals surface area contributed by atoms with Crippen LogP contribution in [-0.4, -0.2) is 66.9 Å². The number of hydrogen-bond donors (Lipinski definition) is 2. The van der Waals surface area contributed by atoms with Crippen molar-refractivity contribution in [1.82, 2.24) is 4.90 Å². The van der Waals surface area contributed by atoms with Gasteiger partial charge >= 0.3 is 0 Å². The Morgan fingerprint density at radius 2 is 2.04 bits per heavy atom. The molecule has 0 radical (unpaired) electrons. The topological polar surface area (TPSA) is 72.1 Å². The SMILES string of the molecule is CC(C)Oc1ccc(NC(N)=NCC2(N3CCOCC3)CCSC2)cc1.I. The van der Waals surface area contributed by atoms with Gasteiger partial charge in [-0.2, -0.15) is 11.8 Å². The van der Waals surface area contributed by atoms with Crippen LogP contribution < -0.4 is 15.8 Å². The lowest BCUT2D eigenvalue weighted by Gasteiger charge is -2.42. The molecule has 0 aromatic heterocycles. The molecule has 3 rings (SSSR count). The van der Waals surface area contributed by atoms with Crippen molar-refractivity contribution in [2.45, 2.75) is 31.9 Å². The van der Waals surface area contributed by atoms with E-state index in [-0.39, 0.29) is 35.6 Å². The Hall–Kier alpha value is -0.710. The lowest BCUT2D eigenvalue weighted by atomic mass is 9.96. The molecule has 0 amide bonds. The Kier molecular flexibility index (Phi) is 8.97. The van der Waals surface area contributed by atoms with Gasteiger partial charge in [0.1, 0.15) is 5.75 Å². The number of guanidine groups is 1. The van der Waals surface area contributed by atoms with E-state index in [4.69, 9.17) is 15.2 Å². The highest BCUT2D eigenvalue weighted by atomic mass is 127. The summed E-state index contributed by atoms with van der Waals surface area (Å²) in [7, 11) is 0. The van der Waals surface area contributed by atoms with Crippen LogP contribution in [0.2, 0.25) is 0 Å². The number of ether oxygens (including phenoxy) is 2. The van der Waals surface area contributed by atoms with Crippen molar-refractivity contribution < 1.29 is 9.47 Å². The van der Waals surface area contributed by atoms with E-state index in [1.165, 1.54) is 5.75 Å². The normalized spacial score (nSPS) is 23.9. The predicted molar refractivity (Wildman–Crippen MR) is 125 cm³/mol. The Bertz CT molecular complexity index is 600. The summed E-state index contributed by atoms with van der Waals surface area (Å²) in [6.07, 6.45) is 1.33. The van der Waals surface area contributed by atoms with E-state index in [2.05, 4.69) is 15.2 Å². The van der Waals surface area contributed by atoms with E-state index in [0.717, 1.165) is 56.5 Å². The summed E-state index contributed by atoms with van der Waals surface area (Å²) < 4.78 is 11.2. The number of nitrogens with zero attached hydrogens (tertiary/aromatic N) is 2. The van der Waals surface area contributed by atoms with Crippen molar-refractivity contribution in [1.29, 1.82) is 0 Å². The standard InChI is InChI=1S/C19H30N4O2S.HI/c1-15(2)25-17-5-3-16(4-6-17)22-18(20)21-13-19(7-12-26-14-19)23-8-10-24-11-9-23;/h3-6,15H,7-14H2,1-2H3,(H3,20,21,22);1H. The zero-order valence-electron chi connectivity index (χ0n) is 16.1. The molecule has 152 valence electrons. The summed E-state index contributed by atoms with van der Waals surface area (Å²) in [5.74, 6) is 3.63. The van der Waals surface area contributed by atoms with Crippen LogP contribution in [-0.2, 0) is 4.74 Å². The van der Waals surface area contributed by atoms with E-state index < -0.39 is 0 Å². The van der Waals surface area contributed by atoms with Gasteiger partial charge in [0.05, 0.1) is 31.4 Å². The molecule has 0 spiro atoms. The van der Waals surface area contributed by atoms with E-state index in [1.807, 2.05) is 49.9 Å². The average Bonchev–Trinajstić information content (AvgIpc) is 3.12. The summed E-state index contributed by atoms with van der Waals surface area (Å²) in [5.41, 5.74) is 7.19. The fourth-order valence-corrected chi connectivity index (χ4v) is 4.88. The number of morpholine rings is 1. The zero-order chi connectivity index (χ0) is 18.4. The van der Waals surface area contributed by atoms with Crippen molar-refractivity contribution in [3.05, 3.63) is 24.3 Å². The molecule has 0 saturated carbocycles.